The molecule has 1 aliphatic heterocycles. The molecule has 2 heterocycles. The third-order valence-electron chi connectivity index (χ3n) is 4.80. The van der Waals surface area contributed by atoms with Crippen LogP contribution in [0.3, 0.4) is 0 Å². The summed E-state index contributed by atoms with van der Waals surface area (Å²) in [5, 5.41) is 8.69. The number of thiophene rings is 1. The van der Waals surface area contributed by atoms with Gasteiger partial charge in [0.25, 0.3) is 0 Å². The maximum Gasteiger partial charge on any atom is 0.224 e. The number of hydrogen-bond acceptors (Lipinski definition) is 3. The minimum Gasteiger partial charge on any atom is -0.357 e. The SMILES string of the molecule is CCNC(=NCC(CC)CC)NCCC(=O)N1CCc2sccc2C1. The normalized spacial score (nSPS) is 14.6. The summed E-state index contributed by atoms with van der Waals surface area (Å²) in [5.74, 6) is 1.67. The zero-order valence-corrected chi connectivity index (χ0v) is 16.6. The summed E-state index contributed by atoms with van der Waals surface area (Å²) in [5.41, 5.74) is 1.32. The van der Waals surface area contributed by atoms with Crippen molar-refractivity contribution < 1.29 is 4.79 Å². The Bertz CT molecular complexity index is 566. The van der Waals surface area contributed by atoms with Gasteiger partial charge in [-0.3, -0.25) is 9.79 Å². The third kappa shape index (κ3) is 6.03. The minimum absolute atomic E-state index is 0.222. The number of amides is 1. The Morgan fingerprint density at radius 3 is 2.84 bits per heavy atom. The van der Waals surface area contributed by atoms with Gasteiger partial charge < -0.3 is 15.5 Å². The van der Waals surface area contributed by atoms with E-state index < -0.39 is 0 Å². The van der Waals surface area contributed by atoms with Crippen molar-refractivity contribution in [2.45, 2.75) is 53.0 Å². The number of nitrogens with one attached hydrogen (secondary N) is 2. The van der Waals surface area contributed by atoms with Crippen molar-refractivity contribution in [1.29, 1.82) is 0 Å². The van der Waals surface area contributed by atoms with E-state index in [-0.39, 0.29) is 5.91 Å². The molecule has 0 spiro atoms. The molecule has 0 saturated heterocycles. The van der Waals surface area contributed by atoms with E-state index in [0.29, 0.717) is 18.9 Å². The summed E-state index contributed by atoms with van der Waals surface area (Å²) in [7, 11) is 0. The smallest absolute Gasteiger partial charge is 0.224 e. The van der Waals surface area contributed by atoms with Gasteiger partial charge in [-0.25, -0.2) is 0 Å². The van der Waals surface area contributed by atoms with E-state index in [1.807, 2.05) is 4.90 Å². The molecule has 1 aliphatic rings. The molecule has 0 unspecified atom stereocenters. The maximum atomic E-state index is 12.5. The van der Waals surface area contributed by atoms with Crippen molar-refractivity contribution in [3.05, 3.63) is 21.9 Å². The van der Waals surface area contributed by atoms with Crippen LogP contribution >= 0.6 is 11.3 Å². The van der Waals surface area contributed by atoms with Crippen LogP contribution in [-0.4, -0.2) is 42.9 Å². The lowest BCUT2D eigenvalue weighted by atomic mass is 10.0. The van der Waals surface area contributed by atoms with Gasteiger partial charge in [-0.1, -0.05) is 26.7 Å². The first-order valence-corrected chi connectivity index (χ1v) is 10.4. The summed E-state index contributed by atoms with van der Waals surface area (Å²) in [4.78, 5) is 20.5. The fourth-order valence-corrected chi connectivity index (χ4v) is 3.91. The molecule has 25 heavy (non-hydrogen) atoms. The summed E-state index contributed by atoms with van der Waals surface area (Å²) >= 11 is 1.80. The number of carbonyl (C=O) groups excluding carboxylic acids is 1. The van der Waals surface area contributed by atoms with Gasteiger partial charge in [-0.15, -0.1) is 11.3 Å². The molecule has 5 nitrogen and oxygen atoms in total. The van der Waals surface area contributed by atoms with Crippen LogP contribution in [0.4, 0.5) is 0 Å². The van der Waals surface area contributed by atoms with Crippen molar-refractivity contribution in [1.82, 2.24) is 15.5 Å². The molecule has 1 aromatic rings. The second kappa shape index (κ2) is 10.4. The first-order chi connectivity index (χ1) is 12.2. The van der Waals surface area contributed by atoms with Crippen molar-refractivity contribution in [3.8, 4) is 0 Å². The summed E-state index contributed by atoms with van der Waals surface area (Å²) in [6.07, 6.45) is 3.80. The molecule has 6 heteroatoms. The van der Waals surface area contributed by atoms with E-state index in [0.717, 1.165) is 51.4 Å². The lowest BCUT2D eigenvalue weighted by Crippen LogP contribution is -2.41. The van der Waals surface area contributed by atoms with Crippen molar-refractivity contribution >= 4 is 23.2 Å². The Morgan fingerprint density at radius 1 is 1.32 bits per heavy atom. The second-order valence-corrected chi connectivity index (χ2v) is 7.51. The largest absolute Gasteiger partial charge is 0.357 e. The molecule has 140 valence electrons. The Hall–Kier alpha value is -1.56. The van der Waals surface area contributed by atoms with E-state index >= 15 is 0 Å². The zero-order valence-electron chi connectivity index (χ0n) is 15.8. The highest BCUT2D eigenvalue weighted by Crippen LogP contribution is 2.24. The van der Waals surface area contributed by atoms with Crippen LogP contribution in [0, 0.1) is 5.92 Å². The average molecular weight is 365 g/mol. The van der Waals surface area contributed by atoms with Crippen molar-refractivity contribution in [2.24, 2.45) is 10.9 Å². The van der Waals surface area contributed by atoms with Gasteiger partial charge in [0.15, 0.2) is 5.96 Å². The Kier molecular flexibility index (Phi) is 8.25. The van der Waals surface area contributed by atoms with Crippen LogP contribution in [0.1, 0.15) is 50.5 Å². The predicted octanol–water partition coefficient (Wildman–Crippen LogP) is 3.01. The Morgan fingerprint density at radius 2 is 2.12 bits per heavy atom. The summed E-state index contributed by atoms with van der Waals surface area (Å²) in [6, 6.07) is 2.14. The standard InChI is InChI=1S/C19H32N4OS/c1-4-15(5-2)13-22-19(20-6-3)21-10-7-18(24)23-11-8-17-16(14-23)9-12-25-17/h9,12,15H,4-8,10-11,13-14H2,1-3H3,(H2,20,21,22). The highest BCUT2D eigenvalue weighted by Gasteiger charge is 2.21. The number of hydrogen-bond donors (Lipinski definition) is 2. The van der Waals surface area contributed by atoms with Gasteiger partial charge in [0, 0.05) is 44.0 Å². The molecule has 0 aromatic carbocycles. The Labute approximate surface area is 155 Å². The van der Waals surface area contributed by atoms with Crippen LogP contribution < -0.4 is 10.6 Å². The van der Waals surface area contributed by atoms with Gasteiger partial charge in [-0.05, 0) is 36.3 Å². The van der Waals surface area contributed by atoms with Crippen LogP contribution in [0.15, 0.2) is 16.4 Å². The van der Waals surface area contributed by atoms with Crippen LogP contribution in [0.25, 0.3) is 0 Å². The topological polar surface area (TPSA) is 56.7 Å². The molecule has 2 rings (SSSR count). The molecular weight excluding hydrogens is 332 g/mol. The van der Waals surface area contributed by atoms with Gasteiger partial charge in [0.1, 0.15) is 0 Å². The van der Waals surface area contributed by atoms with Crippen LogP contribution in [0.2, 0.25) is 0 Å². The molecule has 1 aromatic heterocycles. The zero-order chi connectivity index (χ0) is 18.1. The maximum absolute atomic E-state index is 12.5. The van der Waals surface area contributed by atoms with Gasteiger partial charge in [0.2, 0.25) is 5.91 Å². The lowest BCUT2D eigenvalue weighted by Gasteiger charge is -2.27. The first kappa shape index (κ1) is 19.8. The number of guanidine groups is 1. The van der Waals surface area contributed by atoms with Crippen molar-refractivity contribution in [2.75, 3.05) is 26.2 Å². The van der Waals surface area contributed by atoms with Crippen LogP contribution in [-0.2, 0) is 17.8 Å². The number of nitrogens with zero attached hydrogens (tertiary/aromatic N) is 2. The monoisotopic (exact) mass is 364 g/mol. The second-order valence-electron chi connectivity index (χ2n) is 6.51. The van der Waals surface area contributed by atoms with Gasteiger partial charge >= 0.3 is 0 Å². The molecule has 0 bridgehead atoms. The molecule has 1 amide bonds. The summed E-state index contributed by atoms with van der Waals surface area (Å²) < 4.78 is 0. The first-order valence-electron chi connectivity index (χ1n) is 9.53. The minimum atomic E-state index is 0.222. The molecule has 0 fully saturated rings. The fraction of sp³-hybridized carbons (Fsp3) is 0.684. The van der Waals surface area contributed by atoms with E-state index in [2.05, 4.69) is 47.8 Å². The molecule has 0 atom stereocenters. The Balaban J connectivity index is 1.77. The number of carbonyl (C=O) groups is 1. The van der Waals surface area contributed by atoms with E-state index in [1.165, 1.54) is 10.4 Å². The lowest BCUT2D eigenvalue weighted by molar-refractivity contribution is -0.131. The number of fused-ring (bicyclic) bond motifs is 1. The van der Waals surface area contributed by atoms with E-state index in [4.69, 9.17) is 0 Å². The number of rotatable bonds is 8. The molecular formula is C19H32N4OS. The average Bonchev–Trinajstić information content (AvgIpc) is 3.10. The molecule has 0 radical (unpaired) electrons. The van der Waals surface area contributed by atoms with E-state index in [1.54, 1.807) is 11.3 Å². The fourth-order valence-electron chi connectivity index (χ4n) is 3.02. The van der Waals surface area contributed by atoms with E-state index in [9.17, 15) is 4.79 Å². The highest BCUT2D eigenvalue weighted by atomic mass is 32.1. The quantitative estimate of drug-likeness (QED) is 0.551. The molecule has 0 aliphatic carbocycles. The predicted molar refractivity (Wildman–Crippen MR) is 106 cm³/mol. The van der Waals surface area contributed by atoms with Gasteiger partial charge in [-0.2, -0.15) is 0 Å². The van der Waals surface area contributed by atoms with Gasteiger partial charge in [0.05, 0.1) is 0 Å². The van der Waals surface area contributed by atoms with Crippen molar-refractivity contribution in [3.63, 3.8) is 0 Å². The molecule has 2 N–H and O–H groups in total. The molecule has 0 saturated carbocycles. The number of aliphatic imine (C=N–C) groups is 1. The van der Waals surface area contributed by atoms with Crippen LogP contribution in [0.5, 0.6) is 0 Å². The third-order valence-corrected chi connectivity index (χ3v) is 5.82. The highest BCUT2D eigenvalue weighted by molar-refractivity contribution is 7.10. The summed E-state index contributed by atoms with van der Waals surface area (Å²) in [6.45, 7) is 10.4.